The lowest BCUT2D eigenvalue weighted by Crippen LogP contribution is -2.46. The van der Waals surface area contributed by atoms with Gasteiger partial charge in [-0.2, -0.15) is 14.7 Å². The van der Waals surface area contributed by atoms with Gasteiger partial charge in [-0.1, -0.05) is 0 Å². The highest BCUT2D eigenvalue weighted by Gasteiger charge is 2.46. The Balaban J connectivity index is 1.25. The first-order valence-electron chi connectivity index (χ1n) is 13.4. The van der Waals surface area contributed by atoms with Crippen molar-refractivity contribution in [3.63, 3.8) is 0 Å². The SMILES string of the molecule is CS(=O)(=O)c1c(C2C[C@H]3CC[C@@H](C2)N3C(=O)c2ncn[nH]2)nc2c(-c3ccc(OCC4CC4)nc3)cnn2c1N. The van der Waals surface area contributed by atoms with Crippen molar-refractivity contribution in [1.29, 1.82) is 0 Å². The van der Waals surface area contributed by atoms with Gasteiger partial charge in [0.2, 0.25) is 11.7 Å². The summed E-state index contributed by atoms with van der Waals surface area (Å²) in [5.74, 6) is 1.02. The van der Waals surface area contributed by atoms with Gasteiger partial charge in [0.05, 0.1) is 18.5 Å². The smallest absolute Gasteiger partial charge is 0.291 e. The normalized spacial score (nSPS) is 22.6. The zero-order valence-corrected chi connectivity index (χ0v) is 22.7. The number of rotatable bonds is 7. The number of carbonyl (C=O) groups excluding carboxylic acids is 1. The molecule has 2 bridgehead atoms. The van der Waals surface area contributed by atoms with E-state index in [1.54, 1.807) is 12.4 Å². The lowest BCUT2D eigenvalue weighted by molar-refractivity contribution is 0.0556. The molecule has 1 saturated carbocycles. The van der Waals surface area contributed by atoms with Gasteiger partial charge in [-0.05, 0) is 50.5 Å². The fraction of sp³-hybridized carbons (Fsp3) is 0.462. The van der Waals surface area contributed by atoms with Gasteiger partial charge < -0.3 is 15.4 Å². The average Bonchev–Trinajstić information content (AvgIpc) is 3.29. The number of aromatic nitrogens is 7. The molecule has 3 aliphatic rings. The Bertz CT molecular complexity index is 1680. The molecule has 2 aliphatic heterocycles. The summed E-state index contributed by atoms with van der Waals surface area (Å²) in [6, 6.07) is 3.58. The molecule has 3 atom stereocenters. The van der Waals surface area contributed by atoms with Crippen LogP contribution in [0.15, 0.2) is 35.7 Å². The summed E-state index contributed by atoms with van der Waals surface area (Å²) < 4.78 is 33.2. The van der Waals surface area contributed by atoms with Gasteiger partial charge in [0.25, 0.3) is 5.91 Å². The number of sulfone groups is 1. The number of nitrogens with two attached hydrogens (primary N) is 1. The van der Waals surface area contributed by atoms with Gasteiger partial charge in [0.15, 0.2) is 15.5 Å². The first-order chi connectivity index (χ1) is 19.3. The highest BCUT2D eigenvalue weighted by atomic mass is 32.2. The van der Waals surface area contributed by atoms with Crippen molar-refractivity contribution in [2.75, 3.05) is 18.6 Å². The Kier molecular flexibility index (Phi) is 5.77. The van der Waals surface area contributed by atoms with E-state index in [0.717, 1.165) is 24.7 Å². The maximum atomic E-state index is 13.1. The molecule has 0 spiro atoms. The zero-order chi connectivity index (χ0) is 27.6. The van der Waals surface area contributed by atoms with Crippen molar-refractivity contribution in [1.82, 2.24) is 39.7 Å². The van der Waals surface area contributed by atoms with Crippen LogP contribution < -0.4 is 10.5 Å². The number of hydrogen-bond donors (Lipinski definition) is 2. The van der Waals surface area contributed by atoms with Crippen molar-refractivity contribution in [3.8, 4) is 17.0 Å². The molecule has 3 N–H and O–H groups in total. The zero-order valence-electron chi connectivity index (χ0n) is 21.9. The van der Waals surface area contributed by atoms with Crippen LogP contribution in [-0.2, 0) is 9.84 Å². The monoisotopic (exact) mass is 563 g/mol. The van der Waals surface area contributed by atoms with E-state index >= 15 is 0 Å². The van der Waals surface area contributed by atoms with E-state index in [9.17, 15) is 13.2 Å². The summed E-state index contributed by atoms with van der Waals surface area (Å²) in [6.07, 6.45) is 11.0. The molecule has 1 amide bonds. The number of hydrogen-bond acceptors (Lipinski definition) is 10. The summed E-state index contributed by atoms with van der Waals surface area (Å²) in [5.41, 5.74) is 8.83. The third-order valence-corrected chi connectivity index (χ3v) is 9.38. The number of nitrogens with zero attached hydrogens (tertiary/aromatic N) is 7. The van der Waals surface area contributed by atoms with Crippen LogP contribution in [0.2, 0.25) is 0 Å². The van der Waals surface area contributed by atoms with Crippen LogP contribution in [0.5, 0.6) is 5.88 Å². The number of nitrogen functional groups attached to an aromatic ring is 1. The second-order valence-electron chi connectivity index (χ2n) is 11.0. The number of pyridine rings is 1. The van der Waals surface area contributed by atoms with Crippen LogP contribution in [0.1, 0.15) is 60.8 Å². The summed E-state index contributed by atoms with van der Waals surface area (Å²) in [6.45, 7) is 0.670. The van der Waals surface area contributed by atoms with E-state index in [1.165, 1.54) is 23.7 Å². The van der Waals surface area contributed by atoms with Crippen molar-refractivity contribution >= 4 is 27.2 Å². The van der Waals surface area contributed by atoms with Crippen LogP contribution in [0.4, 0.5) is 5.82 Å². The van der Waals surface area contributed by atoms with Gasteiger partial charge >= 0.3 is 0 Å². The third-order valence-electron chi connectivity index (χ3n) is 8.22. The summed E-state index contributed by atoms with van der Waals surface area (Å²) >= 11 is 0. The predicted octanol–water partition coefficient (Wildman–Crippen LogP) is 2.23. The summed E-state index contributed by atoms with van der Waals surface area (Å²) in [7, 11) is -3.74. The minimum Gasteiger partial charge on any atom is -0.477 e. The number of amides is 1. The molecule has 6 heterocycles. The van der Waals surface area contributed by atoms with Gasteiger partial charge in [-0.25, -0.2) is 23.4 Å². The van der Waals surface area contributed by atoms with Gasteiger partial charge in [0.1, 0.15) is 17.0 Å². The van der Waals surface area contributed by atoms with Crippen molar-refractivity contribution in [3.05, 3.63) is 42.4 Å². The van der Waals surface area contributed by atoms with E-state index in [4.69, 9.17) is 15.5 Å². The first-order valence-corrected chi connectivity index (χ1v) is 15.3. The van der Waals surface area contributed by atoms with Crippen LogP contribution in [0.25, 0.3) is 16.8 Å². The number of piperidine rings is 1. The fourth-order valence-corrected chi connectivity index (χ4v) is 7.21. The number of nitrogens with one attached hydrogen (secondary N) is 1. The fourth-order valence-electron chi connectivity index (χ4n) is 6.15. The van der Waals surface area contributed by atoms with E-state index in [0.29, 0.717) is 48.2 Å². The van der Waals surface area contributed by atoms with Gasteiger partial charge in [-0.15, -0.1) is 0 Å². The molecule has 208 valence electrons. The summed E-state index contributed by atoms with van der Waals surface area (Å²) in [4.78, 5) is 28.4. The number of fused-ring (bicyclic) bond motifs is 3. The molecule has 7 rings (SSSR count). The number of H-pyrrole nitrogens is 1. The van der Waals surface area contributed by atoms with Crippen LogP contribution >= 0.6 is 0 Å². The first kappa shape index (κ1) is 24.9. The highest BCUT2D eigenvalue weighted by Crippen LogP contribution is 2.45. The number of aromatic amines is 1. The molecule has 1 unspecified atom stereocenters. The number of anilines is 1. The second kappa shape index (κ2) is 9.25. The minimum absolute atomic E-state index is 0.00369. The lowest BCUT2D eigenvalue weighted by Gasteiger charge is -2.38. The van der Waals surface area contributed by atoms with Crippen LogP contribution in [0.3, 0.4) is 0 Å². The van der Waals surface area contributed by atoms with Crippen LogP contribution in [-0.4, -0.2) is 78.9 Å². The Morgan fingerprint density at radius 2 is 1.90 bits per heavy atom. The molecule has 4 aromatic rings. The van der Waals surface area contributed by atoms with Crippen molar-refractivity contribution in [2.24, 2.45) is 5.92 Å². The molecule has 2 saturated heterocycles. The molecule has 0 radical (unpaired) electrons. The van der Waals surface area contributed by atoms with Crippen molar-refractivity contribution in [2.45, 2.75) is 61.4 Å². The third kappa shape index (κ3) is 4.26. The molecule has 14 heteroatoms. The summed E-state index contributed by atoms with van der Waals surface area (Å²) in [5, 5.41) is 10.8. The Hall–Kier alpha value is -4.07. The van der Waals surface area contributed by atoms with Gasteiger partial charge in [0, 0.05) is 47.6 Å². The standard InChI is InChI=1S/C26H29N9O4S/c1-40(37,38)22-21(16-8-17-5-6-18(9-16)34(17)26(36)24-29-13-30-33-24)32-25-19(11-31-35(25)23(22)27)15-4-7-20(28-10-15)39-12-14-2-3-14/h4,7,10-11,13-14,16-18H,2-3,5-6,8-9,12,27H2,1H3,(H,29,30,33)/t16?,17-,18+. The molecular weight excluding hydrogens is 534 g/mol. The maximum Gasteiger partial charge on any atom is 0.291 e. The Labute approximate surface area is 230 Å². The molecular formula is C26H29N9O4S. The lowest BCUT2D eigenvalue weighted by atomic mass is 9.87. The van der Waals surface area contributed by atoms with Crippen LogP contribution in [0, 0.1) is 5.92 Å². The molecule has 1 aliphatic carbocycles. The largest absolute Gasteiger partial charge is 0.477 e. The second-order valence-corrected chi connectivity index (χ2v) is 13.0. The molecule has 40 heavy (non-hydrogen) atoms. The molecule has 13 nitrogen and oxygen atoms in total. The topological polar surface area (TPSA) is 174 Å². The quantitative estimate of drug-likeness (QED) is 0.339. The molecule has 0 aromatic carbocycles. The van der Waals surface area contributed by atoms with E-state index in [2.05, 4.69) is 25.3 Å². The van der Waals surface area contributed by atoms with E-state index < -0.39 is 9.84 Å². The minimum atomic E-state index is -3.74. The van der Waals surface area contributed by atoms with Gasteiger partial charge in [-0.3, -0.25) is 9.89 Å². The molecule has 4 aromatic heterocycles. The number of carbonyl (C=O) groups is 1. The number of ether oxygens (including phenoxy) is 1. The average molecular weight is 564 g/mol. The van der Waals surface area contributed by atoms with E-state index in [1.807, 2.05) is 17.0 Å². The molecule has 3 fully saturated rings. The van der Waals surface area contributed by atoms with E-state index in [-0.39, 0.29) is 40.4 Å². The Morgan fingerprint density at radius 1 is 1.12 bits per heavy atom. The maximum absolute atomic E-state index is 13.1. The van der Waals surface area contributed by atoms with Crippen molar-refractivity contribution < 1.29 is 17.9 Å². The Morgan fingerprint density at radius 3 is 2.52 bits per heavy atom. The highest BCUT2D eigenvalue weighted by molar-refractivity contribution is 7.91. The predicted molar refractivity (Wildman–Crippen MR) is 143 cm³/mol.